The Morgan fingerprint density at radius 1 is 1.14 bits per heavy atom. The molecule has 2 aromatic carbocycles. The molecule has 0 saturated carbocycles. The number of carbonyl (C=O) groups is 1. The minimum Gasteiger partial charge on any atom is -0.495 e. The molecule has 0 aliphatic carbocycles. The Balaban J connectivity index is 2.04. The third kappa shape index (κ3) is 3.81. The zero-order chi connectivity index (χ0) is 15.2. The van der Waals surface area contributed by atoms with Gasteiger partial charge in [0.2, 0.25) is 0 Å². The van der Waals surface area contributed by atoms with Crippen LogP contribution >= 0.6 is 0 Å². The number of rotatable bonds is 6. The van der Waals surface area contributed by atoms with E-state index < -0.39 is 0 Å². The van der Waals surface area contributed by atoms with E-state index in [2.05, 4.69) is 0 Å². The monoisotopic (exact) mass is 287 g/mol. The van der Waals surface area contributed by atoms with Crippen molar-refractivity contribution in [3.05, 3.63) is 59.9 Å². The van der Waals surface area contributed by atoms with Crippen molar-refractivity contribution >= 4 is 11.5 Å². The second-order valence-electron chi connectivity index (χ2n) is 4.83. The second-order valence-corrected chi connectivity index (χ2v) is 4.83. The van der Waals surface area contributed by atoms with Gasteiger partial charge in [0.05, 0.1) is 19.3 Å². The molecular weight excluding hydrogens is 269 g/mol. The van der Waals surface area contributed by atoms with Crippen molar-refractivity contribution in [1.29, 1.82) is 0 Å². The predicted octanol–water partition coefficient (Wildman–Crippen LogP) is 3.08. The second kappa shape index (κ2) is 6.88. The number of ketones is 1. The van der Waals surface area contributed by atoms with E-state index in [-0.39, 0.29) is 24.6 Å². The van der Waals surface area contributed by atoms with Gasteiger partial charge < -0.3 is 9.64 Å². The lowest BCUT2D eigenvalue weighted by molar-refractivity contribution is -0.117. The van der Waals surface area contributed by atoms with E-state index >= 15 is 0 Å². The quantitative estimate of drug-likeness (QED) is 0.817. The highest BCUT2D eigenvalue weighted by Crippen LogP contribution is 2.26. The highest BCUT2D eigenvalue weighted by molar-refractivity contribution is 5.85. The molecule has 4 heteroatoms. The predicted molar refractivity (Wildman–Crippen MR) is 81.4 cm³/mol. The molecule has 0 aromatic heterocycles. The van der Waals surface area contributed by atoms with E-state index in [0.29, 0.717) is 11.3 Å². The van der Waals surface area contributed by atoms with Crippen LogP contribution in [0.1, 0.15) is 5.56 Å². The zero-order valence-electron chi connectivity index (χ0n) is 12.2. The van der Waals surface area contributed by atoms with Crippen LogP contribution in [0.2, 0.25) is 0 Å². The Morgan fingerprint density at radius 2 is 1.81 bits per heavy atom. The Kier molecular flexibility index (Phi) is 4.93. The third-order valence-electron chi connectivity index (χ3n) is 3.26. The molecule has 110 valence electrons. The van der Waals surface area contributed by atoms with Gasteiger partial charge in [-0.05, 0) is 23.8 Å². The van der Waals surface area contributed by atoms with Gasteiger partial charge >= 0.3 is 0 Å². The van der Waals surface area contributed by atoms with Gasteiger partial charge in [0.15, 0.2) is 5.78 Å². The van der Waals surface area contributed by atoms with Gasteiger partial charge in [0.25, 0.3) is 0 Å². The fourth-order valence-corrected chi connectivity index (χ4v) is 2.20. The first-order valence-electron chi connectivity index (χ1n) is 6.71. The molecule has 0 atom stereocenters. The topological polar surface area (TPSA) is 29.5 Å². The van der Waals surface area contributed by atoms with Gasteiger partial charge in [0, 0.05) is 13.5 Å². The number of ether oxygens (including phenoxy) is 1. The van der Waals surface area contributed by atoms with Gasteiger partial charge in [-0.1, -0.05) is 30.3 Å². The Hall–Kier alpha value is -2.36. The van der Waals surface area contributed by atoms with E-state index in [0.717, 1.165) is 5.69 Å². The van der Waals surface area contributed by atoms with Crippen LogP contribution in [0.3, 0.4) is 0 Å². The summed E-state index contributed by atoms with van der Waals surface area (Å²) in [6.07, 6.45) is 0.0894. The lowest BCUT2D eigenvalue weighted by Gasteiger charge is -2.20. The number of para-hydroxylation sites is 2. The summed E-state index contributed by atoms with van der Waals surface area (Å²) in [6, 6.07) is 13.8. The largest absolute Gasteiger partial charge is 0.495 e. The van der Waals surface area contributed by atoms with E-state index in [1.54, 1.807) is 25.3 Å². The SMILES string of the molecule is COc1ccccc1N(C)CC(=O)Cc1ccccc1F. The zero-order valence-corrected chi connectivity index (χ0v) is 12.2. The van der Waals surface area contributed by atoms with Gasteiger partial charge in [-0.2, -0.15) is 0 Å². The summed E-state index contributed by atoms with van der Waals surface area (Å²) in [5, 5.41) is 0. The summed E-state index contributed by atoms with van der Waals surface area (Å²) < 4.78 is 18.8. The Morgan fingerprint density at radius 3 is 2.52 bits per heavy atom. The fraction of sp³-hybridized carbons (Fsp3) is 0.235. The summed E-state index contributed by atoms with van der Waals surface area (Å²) in [7, 11) is 3.41. The first kappa shape index (κ1) is 15.0. The number of methoxy groups -OCH3 is 1. The van der Waals surface area contributed by atoms with Crippen LogP contribution in [-0.2, 0) is 11.2 Å². The molecule has 0 bridgehead atoms. The lowest BCUT2D eigenvalue weighted by atomic mass is 10.1. The molecule has 0 radical (unpaired) electrons. The maximum Gasteiger partial charge on any atom is 0.156 e. The molecule has 0 N–H and O–H groups in total. The summed E-state index contributed by atoms with van der Waals surface area (Å²) in [5.74, 6) is 0.318. The fourth-order valence-electron chi connectivity index (χ4n) is 2.20. The average Bonchev–Trinajstić information content (AvgIpc) is 2.49. The summed E-state index contributed by atoms with van der Waals surface area (Å²) in [4.78, 5) is 13.9. The Bertz CT molecular complexity index is 628. The smallest absolute Gasteiger partial charge is 0.156 e. The first-order chi connectivity index (χ1) is 10.1. The Labute approximate surface area is 124 Å². The number of halogens is 1. The normalized spacial score (nSPS) is 10.2. The number of nitrogens with zero attached hydrogens (tertiary/aromatic N) is 1. The van der Waals surface area contributed by atoms with Crippen LogP contribution in [0.25, 0.3) is 0 Å². The summed E-state index contributed by atoms with van der Waals surface area (Å²) in [5.41, 5.74) is 1.26. The number of likely N-dealkylation sites (N-methyl/N-ethyl adjacent to an activating group) is 1. The molecule has 0 amide bonds. The van der Waals surface area contributed by atoms with E-state index in [4.69, 9.17) is 4.74 Å². The molecule has 0 spiro atoms. The van der Waals surface area contributed by atoms with E-state index in [1.165, 1.54) is 6.07 Å². The maximum atomic E-state index is 13.5. The van der Waals surface area contributed by atoms with Crippen molar-refractivity contribution in [2.24, 2.45) is 0 Å². The first-order valence-corrected chi connectivity index (χ1v) is 6.71. The number of anilines is 1. The molecule has 0 aliphatic heterocycles. The highest BCUT2D eigenvalue weighted by atomic mass is 19.1. The molecule has 3 nitrogen and oxygen atoms in total. The minimum absolute atomic E-state index is 0.0477. The van der Waals surface area contributed by atoms with Crippen LogP contribution in [0.4, 0.5) is 10.1 Å². The van der Waals surface area contributed by atoms with Gasteiger partial charge in [0.1, 0.15) is 11.6 Å². The number of hydrogen-bond acceptors (Lipinski definition) is 3. The van der Waals surface area contributed by atoms with Crippen molar-refractivity contribution in [1.82, 2.24) is 0 Å². The van der Waals surface area contributed by atoms with E-state index in [9.17, 15) is 9.18 Å². The molecule has 0 unspecified atom stereocenters. The lowest BCUT2D eigenvalue weighted by Crippen LogP contribution is -2.27. The molecule has 2 rings (SSSR count). The van der Waals surface area contributed by atoms with Gasteiger partial charge in [-0.3, -0.25) is 4.79 Å². The van der Waals surface area contributed by atoms with Crippen LogP contribution in [0.5, 0.6) is 5.75 Å². The maximum absolute atomic E-state index is 13.5. The molecule has 0 fully saturated rings. The minimum atomic E-state index is -0.342. The van der Waals surface area contributed by atoms with E-state index in [1.807, 2.05) is 36.2 Å². The third-order valence-corrected chi connectivity index (χ3v) is 3.26. The van der Waals surface area contributed by atoms with Gasteiger partial charge in [-0.25, -0.2) is 4.39 Å². The summed E-state index contributed by atoms with van der Waals surface area (Å²) >= 11 is 0. The van der Waals surface area contributed by atoms with Crippen LogP contribution < -0.4 is 9.64 Å². The number of hydrogen-bond donors (Lipinski definition) is 0. The van der Waals surface area contributed by atoms with Crippen molar-refractivity contribution in [2.75, 3.05) is 25.6 Å². The number of benzene rings is 2. The molecule has 0 heterocycles. The standard InChI is InChI=1S/C17H18FNO2/c1-19(16-9-5-6-10-17(16)21-2)12-14(20)11-13-7-3-4-8-15(13)18/h3-10H,11-12H2,1-2H3. The average molecular weight is 287 g/mol. The van der Waals surface area contributed by atoms with Crippen LogP contribution in [0, 0.1) is 5.82 Å². The van der Waals surface area contributed by atoms with Crippen LogP contribution in [0.15, 0.2) is 48.5 Å². The van der Waals surface area contributed by atoms with Gasteiger partial charge in [-0.15, -0.1) is 0 Å². The molecule has 0 aliphatic rings. The number of carbonyl (C=O) groups excluding carboxylic acids is 1. The summed E-state index contributed by atoms with van der Waals surface area (Å²) in [6.45, 7) is 0.203. The van der Waals surface area contributed by atoms with Crippen molar-refractivity contribution in [2.45, 2.75) is 6.42 Å². The van der Waals surface area contributed by atoms with Crippen molar-refractivity contribution in [3.63, 3.8) is 0 Å². The van der Waals surface area contributed by atoms with Crippen molar-refractivity contribution in [3.8, 4) is 5.75 Å². The molecule has 21 heavy (non-hydrogen) atoms. The molecule has 0 saturated heterocycles. The molecule has 2 aromatic rings. The highest BCUT2D eigenvalue weighted by Gasteiger charge is 2.13. The van der Waals surface area contributed by atoms with Crippen molar-refractivity contribution < 1.29 is 13.9 Å². The molecular formula is C17H18FNO2. The van der Waals surface area contributed by atoms with Crippen LogP contribution in [-0.4, -0.2) is 26.5 Å². The number of Topliss-reactive ketones (excluding diaryl/α,β-unsaturated/α-hetero) is 1.